The molecule has 0 aliphatic heterocycles. The molecular weight excluding hydrogens is 270 g/mol. The average Bonchev–Trinajstić information content (AvgIpc) is 3.18. The van der Waals surface area contributed by atoms with Crippen molar-refractivity contribution >= 4 is 11.9 Å². The third-order valence-electron chi connectivity index (χ3n) is 4.49. The van der Waals surface area contributed by atoms with E-state index in [2.05, 4.69) is 10.3 Å². The average molecular weight is 288 g/mol. The smallest absolute Gasteiger partial charge is 0.224 e. The Kier molecular flexibility index (Phi) is 3.77. The molecule has 1 saturated carbocycles. The predicted molar refractivity (Wildman–Crippen MR) is 72.6 cm³/mol. The number of imidazole rings is 1. The molecule has 0 radical (unpaired) electrons. The number of nitrogens with one attached hydrogen (secondary N) is 1. The summed E-state index contributed by atoms with van der Waals surface area (Å²) >= 11 is 0. The predicted octanol–water partition coefficient (Wildman–Crippen LogP) is -0.422. The normalized spacial score (nSPS) is 29.7. The summed E-state index contributed by atoms with van der Waals surface area (Å²) in [5.41, 5.74) is 0. The SMILES string of the molecule is O=C(NCCCn1ccnc1)[C@@H]1[C@H](C(=O)[O-])[C@H]2C=C[C@H]1C2. The number of rotatable bonds is 6. The van der Waals surface area contributed by atoms with E-state index in [1.807, 2.05) is 22.9 Å². The van der Waals surface area contributed by atoms with Gasteiger partial charge >= 0.3 is 0 Å². The molecule has 1 heterocycles. The molecule has 0 aromatic carbocycles. The van der Waals surface area contributed by atoms with Gasteiger partial charge in [-0.25, -0.2) is 4.98 Å². The van der Waals surface area contributed by atoms with E-state index in [1.54, 1.807) is 12.5 Å². The molecule has 0 spiro atoms. The number of carbonyl (C=O) groups excluding carboxylic acids is 2. The monoisotopic (exact) mass is 288 g/mol. The molecule has 6 nitrogen and oxygen atoms in total. The first-order chi connectivity index (χ1) is 10.2. The summed E-state index contributed by atoms with van der Waals surface area (Å²) in [4.78, 5) is 27.5. The van der Waals surface area contributed by atoms with Gasteiger partial charge in [-0.2, -0.15) is 0 Å². The first kappa shape index (κ1) is 13.9. The fourth-order valence-electron chi connectivity index (χ4n) is 3.51. The van der Waals surface area contributed by atoms with E-state index in [9.17, 15) is 14.7 Å². The van der Waals surface area contributed by atoms with Crippen molar-refractivity contribution in [1.29, 1.82) is 0 Å². The van der Waals surface area contributed by atoms with Gasteiger partial charge in [-0.05, 0) is 24.7 Å². The molecule has 1 aromatic rings. The van der Waals surface area contributed by atoms with Crippen LogP contribution in [0.4, 0.5) is 0 Å². The molecule has 2 bridgehead atoms. The van der Waals surface area contributed by atoms with Crippen molar-refractivity contribution in [3.8, 4) is 0 Å². The van der Waals surface area contributed by atoms with Crippen molar-refractivity contribution < 1.29 is 14.7 Å². The summed E-state index contributed by atoms with van der Waals surface area (Å²) in [5.74, 6) is -2.41. The van der Waals surface area contributed by atoms with Crippen molar-refractivity contribution in [2.24, 2.45) is 23.7 Å². The van der Waals surface area contributed by atoms with E-state index in [1.165, 1.54) is 0 Å². The molecule has 3 rings (SSSR count). The van der Waals surface area contributed by atoms with Crippen LogP contribution in [0.15, 0.2) is 30.9 Å². The van der Waals surface area contributed by atoms with Crippen LogP contribution in [0, 0.1) is 23.7 Å². The van der Waals surface area contributed by atoms with Crippen LogP contribution in [0.1, 0.15) is 12.8 Å². The highest BCUT2D eigenvalue weighted by Gasteiger charge is 2.48. The quantitative estimate of drug-likeness (QED) is 0.569. The molecule has 1 aromatic heterocycles. The first-order valence-electron chi connectivity index (χ1n) is 7.29. The number of nitrogens with zero attached hydrogens (tertiary/aromatic N) is 2. The van der Waals surface area contributed by atoms with Gasteiger partial charge in [-0.3, -0.25) is 4.79 Å². The van der Waals surface area contributed by atoms with Gasteiger partial charge in [0.15, 0.2) is 0 Å². The van der Waals surface area contributed by atoms with Crippen LogP contribution in [0.5, 0.6) is 0 Å². The highest BCUT2D eigenvalue weighted by molar-refractivity contribution is 5.86. The molecule has 1 fully saturated rings. The Morgan fingerprint density at radius 2 is 2.05 bits per heavy atom. The fraction of sp³-hybridized carbons (Fsp3) is 0.533. The number of carboxylic acid groups (broad SMARTS) is 1. The lowest BCUT2D eigenvalue weighted by atomic mass is 9.82. The Balaban J connectivity index is 1.51. The molecule has 2 aliphatic rings. The molecule has 4 atom stereocenters. The van der Waals surface area contributed by atoms with Gasteiger partial charge in [0.25, 0.3) is 0 Å². The minimum absolute atomic E-state index is 0.0401. The minimum Gasteiger partial charge on any atom is -0.550 e. The number of aryl methyl sites for hydroxylation is 1. The highest BCUT2D eigenvalue weighted by atomic mass is 16.4. The number of aliphatic carboxylic acids is 1. The van der Waals surface area contributed by atoms with Gasteiger partial charge in [0, 0.05) is 37.4 Å². The van der Waals surface area contributed by atoms with E-state index in [0.29, 0.717) is 6.54 Å². The lowest BCUT2D eigenvalue weighted by molar-refractivity contribution is -0.313. The summed E-state index contributed by atoms with van der Waals surface area (Å²) in [6.07, 6.45) is 10.7. The minimum atomic E-state index is -1.11. The largest absolute Gasteiger partial charge is 0.550 e. The van der Waals surface area contributed by atoms with E-state index < -0.39 is 17.8 Å². The number of fused-ring (bicyclic) bond motifs is 2. The Morgan fingerprint density at radius 3 is 2.71 bits per heavy atom. The molecule has 0 saturated heterocycles. The second kappa shape index (κ2) is 5.71. The number of hydrogen-bond acceptors (Lipinski definition) is 4. The van der Waals surface area contributed by atoms with Crippen molar-refractivity contribution in [2.75, 3.05) is 6.54 Å². The summed E-state index contributed by atoms with van der Waals surface area (Å²) in [7, 11) is 0. The van der Waals surface area contributed by atoms with Crippen molar-refractivity contribution in [3.05, 3.63) is 30.9 Å². The maximum absolute atomic E-state index is 12.3. The van der Waals surface area contributed by atoms with Gasteiger partial charge in [0.05, 0.1) is 12.2 Å². The van der Waals surface area contributed by atoms with Gasteiger partial charge in [-0.15, -0.1) is 0 Å². The zero-order valence-electron chi connectivity index (χ0n) is 11.6. The highest BCUT2D eigenvalue weighted by Crippen LogP contribution is 2.47. The first-order valence-corrected chi connectivity index (χ1v) is 7.29. The third-order valence-corrected chi connectivity index (χ3v) is 4.49. The summed E-state index contributed by atoms with van der Waals surface area (Å²) in [6, 6.07) is 0. The number of aromatic nitrogens is 2. The van der Waals surface area contributed by atoms with E-state index in [0.717, 1.165) is 19.4 Å². The molecule has 112 valence electrons. The van der Waals surface area contributed by atoms with Crippen molar-refractivity contribution in [2.45, 2.75) is 19.4 Å². The molecule has 2 aliphatic carbocycles. The Labute approximate surface area is 122 Å². The second-order valence-electron chi connectivity index (χ2n) is 5.76. The molecule has 0 unspecified atom stereocenters. The fourth-order valence-corrected chi connectivity index (χ4v) is 3.51. The standard InChI is InChI=1S/C15H19N3O3/c19-14(17-4-1-6-18-7-5-16-9-18)12-10-2-3-11(8-10)13(12)15(20)21/h2-3,5,7,9-13H,1,4,6,8H2,(H,17,19)(H,20,21)/p-1/t10-,11-,12-,13+/m0/s1. The lowest BCUT2D eigenvalue weighted by Crippen LogP contribution is -2.45. The number of allylic oxidation sites excluding steroid dienone is 2. The van der Waals surface area contributed by atoms with Gasteiger partial charge in [0.2, 0.25) is 5.91 Å². The lowest BCUT2D eigenvalue weighted by Gasteiger charge is -2.27. The van der Waals surface area contributed by atoms with E-state index in [4.69, 9.17) is 0 Å². The van der Waals surface area contributed by atoms with Crippen LogP contribution < -0.4 is 10.4 Å². The summed E-state index contributed by atoms with van der Waals surface area (Å²) in [5, 5.41) is 14.1. The Morgan fingerprint density at radius 1 is 1.29 bits per heavy atom. The van der Waals surface area contributed by atoms with Crippen molar-refractivity contribution in [3.63, 3.8) is 0 Å². The van der Waals surface area contributed by atoms with Gasteiger partial charge in [0.1, 0.15) is 0 Å². The Hall–Kier alpha value is -2.11. The van der Waals surface area contributed by atoms with Crippen molar-refractivity contribution in [1.82, 2.24) is 14.9 Å². The maximum atomic E-state index is 12.3. The van der Waals surface area contributed by atoms with Crippen LogP contribution in [-0.4, -0.2) is 28.0 Å². The van der Waals surface area contributed by atoms with Crippen LogP contribution >= 0.6 is 0 Å². The molecule has 6 heteroatoms. The third kappa shape index (κ3) is 2.70. The summed E-state index contributed by atoms with van der Waals surface area (Å²) < 4.78 is 1.94. The van der Waals surface area contributed by atoms with Crippen LogP contribution in [0.3, 0.4) is 0 Å². The molecule has 1 N–H and O–H groups in total. The van der Waals surface area contributed by atoms with E-state index in [-0.39, 0.29) is 17.7 Å². The van der Waals surface area contributed by atoms with Crippen LogP contribution in [-0.2, 0) is 16.1 Å². The zero-order chi connectivity index (χ0) is 14.8. The Bertz CT molecular complexity index is 553. The topological polar surface area (TPSA) is 87.0 Å². The zero-order valence-corrected chi connectivity index (χ0v) is 11.6. The maximum Gasteiger partial charge on any atom is 0.224 e. The molecule has 1 amide bonds. The van der Waals surface area contributed by atoms with Crippen LogP contribution in [0.2, 0.25) is 0 Å². The van der Waals surface area contributed by atoms with Gasteiger partial charge in [-0.1, -0.05) is 12.2 Å². The van der Waals surface area contributed by atoms with E-state index >= 15 is 0 Å². The molecule has 21 heavy (non-hydrogen) atoms. The molecular formula is C15H18N3O3-. The summed E-state index contributed by atoms with van der Waals surface area (Å²) in [6.45, 7) is 1.31. The number of carboxylic acids is 1. The number of carbonyl (C=O) groups is 2. The van der Waals surface area contributed by atoms with Gasteiger partial charge < -0.3 is 19.8 Å². The number of hydrogen-bond donors (Lipinski definition) is 1. The number of amides is 1. The van der Waals surface area contributed by atoms with Crippen LogP contribution in [0.25, 0.3) is 0 Å². The second-order valence-corrected chi connectivity index (χ2v) is 5.76.